The molecule has 1 amide bonds. The number of benzodiazepines with no additional fused rings is 1. The molecule has 0 spiro atoms. The maximum Gasteiger partial charge on any atom is 0.246 e. The number of halogens is 1. The number of nitrogens with one attached hydrogen (secondary N) is 1. The Kier molecular flexibility index (Phi) is 3.06. The summed E-state index contributed by atoms with van der Waals surface area (Å²) >= 11 is 0. The standard InChI is InChI=1S/C16H13FN2O/c1-10-6-7-12-14(8-10)19-15(20)9-18-16(12)11-4-2-3-5-13(11)17/h2-8H,9H2,1H3,(H,19,20). The van der Waals surface area contributed by atoms with Crippen LogP contribution in [0.4, 0.5) is 10.1 Å². The number of carbonyl (C=O) groups is 1. The zero-order valence-corrected chi connectivity index (χ0v) is 11.0. The molecule has 20 heavy (non-hydrogen) atoms. The molecule has 2 aromatic rings. The van der Waals surface area contributed by atoms with Gasteiger partial charge in [0.2, 0.25) is 5.91 Å². The molecule has 1 N–H and O–H groups in total. The molecule has 1 aliphatic heterocycles. The predicted octanol–water partition coefficient (Wildman–Crippen LogP) is 2.92. The summed E-state index contributed by atoms with van der Waals surface area (Å²) in [5, 5.41) is 2.81. The number of carbonyl (C=O) groups excluding carboxylic acids is 1. The number of anilines is 1. The molecule has 1 aliphatic rings. The third-order valence-corrected chi connectivity index (χ3v) is 3.21. The fraction of sp³-hybridized carbons (Fsp3) is 0.125. The lowest BCUT2D eigenvalue weighted by Gasteiger charge is -2.11. The zero-order chi connectivity index (χ0) is 14.1. The molecule has 0 saturated heterocycles. The molecule has 3 nitrogen and oxygen atoms in total. The number of hydrogen-bond acceptors (Lipinski definition) is 2. The van der Waals surface area contributed by atoms with E-state index < -0.39 is 0 Å². The third kappa shape index (κ3) is 2.20. The Morgan fingerprint density at radius 1 is 1.15 bits per heavy atom. The van der Waals surface area contributed by atoms with E-state index in [2.05, 4.69) is 10.3 Å². The summed E-state index contributed by atoms with van der Waals surface area (Å²) in [6.45, 7) is 1.94. The van der Waals surface area contributed by atoms with Crippen LogP contribution in [0.1, 0.15) is 16.7 Å². The molecule has 0 fully saturated rings. The van der Waals surface area contributed by atoms with E-state index in [1.807, 2.05) is 25.1 Å². The first-order valence-corrected chi connectivity index (χ1v) is 6.35. The fourth-order valence-corrected chi connectivity index (χ4v) is 2.28. The van der Waals surface area contributed by atoms with Crippen molar-refractivity contribution in [1.29, 1.82) is 0 Å². The van der Waals surface area contributed by atoms with Crippen molar-refractivity contribution in [3.8, 4) is 0 Å². The summed E-state index contributed by atoms with van der Waals surface area (Å²) in [5.74, 6) is -0.532. The number of fused-ring (bicyclic) bond motifs is 1. The highest BCUT2D eigenvalue weighted by Crippen LogP contribution is 2.25. The largest absolute Gasteiger partial charge is 0.324 e. The Balaban J connectivity index is 2.21. The van der Waals surface area contributed by atoms with Crippen molar-refractivity contribution in [3.63, 3.8) is 0 Å². The summed E-state index contributed by atoms with van der Waals surface area (Å²) < 4.78 is 14.0. The maximum atomic E-state index is 14.0. The number of hydrogen-bond donors (Lipinski definition) is 1. The Labute approximate surface area is 116 Å². The van der Waals surface area contributed by atoms with Crippen molar-refractivity contribution in [2.75, 3.05) is 11.9 Å². The molecule has 0 bridgehead atoms. The zero-order valence-electron chi connectivity index (χ0n) is 11.0. The first-order chi connectivity index (χ1) is 9.65. The molecular formula is C16H13FN2O. The molecule has 0 saturated carbocycles. The van der Waals surface area contributed by atoms with Gasteiger partial charge in [-0.15, -0.1) is 0 Å². The average Bonchev–Trinajstić information content (AvgIpc) is 2.57. The number of amides is 1. The minimum Gasteiger partial charge on any atom is -0.324 e. The van der Waals surface area contributed by atoms with E-state index in [-0.39, 0.29) is 18.3 Å². The Morgan fingerprint density at radius 3 is 2.75 bits per heavy atom. The van der Waals surface area contributed by atoms with Crippen LogP contribution in [-0.4, -0.2) is 18.2 Å². The van der Waals surface area contributed by atoms with Crippen LogP contribution < -0.4 is 5.32 Å². The van der Waals surface area contributed by atoms with Crippen LogP contribution in [-0.2, 0) is 4.79 Å². The van der Waals surface area contributed by atoms with Crippen LogP contribution in [0.15, 0.2) is 47.5 Å². The molecule has 1 heterocycles. The molecule has 0 aromatic heterocycles. The van der Waals surface area contributed by atoms with Gasteiger partial charge in [-0.05, 0) is 30.7 Å². The monoisotopic (exact) mass is 268 g/mol. The van der Waals surface area contributed by atoms with Gasteiger partial charge in [0.05, 0.1) is 11.4 Å². The van der Waals surface area contributed by atoms with Gasteiger partial charge in [0, 0.05) is 11.1 Å². The highest BCUT2D eigenvalue weighted by atomic mass is 19.1. The SMILES string of the molecule is Cc1ccc2c(c1)NC(=O)CN=C2c1ccccc1F. The van der Waals surface area contributed by atoms with E-state index in [1.165, 1.54) is 6.07 Å². The number of aliphatic imine (C=N–C) groups is 1. The van der Waals surface area contributed by atoms with Crippen LogP contribution in [0.3, 0.4) is 0 Å². The lowest BCUT2D eigenvalue weighted by atomic mass is 9.99. The Bertz CT molecular complexity index is 722. The Hall–Kier alpha value is -2.49. The first-order valence-electron chi connectivity index (χ1n) is 6.35. The summed E-state index contributed by atoms with van der Waals surface area (Å²) in [4.78, 5) is 16.0. The van der Waals surface area contributed by atoms with Gasteiger partial charge in [0.25, 0.3) is 0 Å². The number of aryl methyl sites for hydroxylation is 1. The third-order valence-electron chi connectivity index (χ3n) is 3.21. The van der Waals surface area contributed by atoms with Crippen LogP contribution >= 0.6 is 0 Å². The highest BCUT2D eigenvalue weighted by Gasteiger charge is 2.19. The quantitative estimate of drug-likeness (QED) is 0.849. The molecule has 0 atom stereocenters. The average molecular weight is 268 g/mol. The van der Waals surface area contributed by atoms with E-state index in [4.69, 9.17) is 0 Å². The second-order valence-corrected chi connectivity index (χ2v) is 4.74. The molecule has 2 aromatic carbocycles. The lowest BCUT2D eigenvalue weighted by Crippen LogP contribution is -2.13. The molecule has 0 aliphatic carbocycles. The topological polar surface area (TPSA) is 41.5 Å². The summed E-state index contributed by atoms with van der Waals surface area (Å²) in [5.41, 5.74) is 3.37. The van der Waals surface area contributed by atoms with Gasteiger partial charge in [0.1, 0.15) is 12.4 Å². The van der Waals surface area contributed by atoms with E-state index in [9.17, 15) is 9.18 Å². The highest BCUT2D eigenvalue weighted by molar-refractivity contribution is 6.19. The minimum atomic E-state index is -0.341. The van der Waals surface area contributed by atoms with Gasteiger partial charge < -0.3 is 5.32 Å². The molecule has 3 rings (SSSR count). The van der Waals surface area contributed by atoms with Gasteiger partial charge in [-0.25, -0.2) is 4.39 Å². The predicted molar refractivity (Wildman–Crippen MR) is 76.7 cm³/mol. The van der Waals surface area contributed by atoms with Crippen molar-refractivity contribution in [2.24, 2.45) is 4.99 Å². The summed E-state index contributed by atoms with van der Waals surface area (Å²) in [6.07, 6.45) is 0. The van der Waals surface area contributed by atoms with Crippen LogP contribution in [0.25, 0.3) is 0 Å². The van der Waals surface area contributed by atoms with Crippen LogP contribution in [0.5, 0.6) is 0 Å². The smallest absolute Gasteiger partial charge is 0.246 e. The number of benzene rings is 2. The number of nitrogens with zero attached hydrogens (tertiary/aromatic N) is 1. The maximum absolute atomic E-state index is 14.0. The van der Waals surface area contributed by atoms with Crippen LogP contribution in [0.2, 0.25) is 0 Å². The minimum absolute atomic E-state index is 0.00258. The van der Waals surface area contributed by atoms with E-state index >= 15 is 0 Å². The first kappa shape index (κ1) is 12.5. The molecule has 0 unspecified atom stereocenters. The summed E-state index contributed by atoms with van der Waals surface area (Å²) in [7, 11) is 0. The van der Waals surface area contributed by atoms with Crippen molar-refractivity contribution in [2.45, 2.75) is 6.92 Å². The molecular weight excluding hydrogens is 255 g/mol. The second kappa shape index (κ2) is 4.89. The van der Waals surface area contributed by atoms with E-state index in [1.54, 1.807) is 18.2 Å². The molecule has 4 heteroatoms. The van der Waals surface area contributed by atoms with Gasteiger partial charge in [0.15, 0.2) is 0 Å². The van der Waals surface area contributed by atoms with Gasteiger partial charge in [-0.2, -0.15) is 0 Å². The molecule has 0 radical (unpaired) electrons. The van der Waals surface area contributed by atoms with Crippen molar-refractivity contribution >= 4 is 17.3 Å². The van der Waals surface area contributed by atoms with Gasteiger partial charge in [-0.1, -0.05) is 24.3 Å². The number of rotatable bonds is 1. The van der Waals surface area contributed by atoms with E-state index in [0.29, 0.717) is 17.0 Å². The van der Waals surface area contributed by atoms with Gasteiger partial charge in [-0.3, -0.25) is 9.79 Å². The van der Waals surface area contributed by atoms with Crippen LogP contribution in [0, 0.1) is 12.7 Å². The second-order valence-electron chi connectivity index (χ2n) is 4.74. The van der Waals surface area contributed by atoms with Crippen molar-refractivity contribution in [3.05, 3.63) is 65.0 Å². The fourth-order valence-electron chi connectivity index (χ4n) is 2.28. The Morgan fingerprint density at radius 2 is 1.95 bits per heavy atom. The van der Waals surface area contributed by atoms with Crippen molar-refractivity contribution in [1.82, 2.24) is 0 Å². The van der Waals surface area contributed by atoms with Gasteiger partial charge >= 0.3 is 0 Å². The lowest BCUT2D eigenvalue weighted by molar-refractivity contribution is -0.114. The van der Waals surface area contributed by atoms with Crippen molar-refractivity contribution < 1.29 is 9.18 Å². The molecule has 100 valence electrons. The normalized spacial score (nSPS) is 14.1. The van der Waals surface area contributed by atoms with E-state index in [0.717, 1.165) is 11.1 Å². The summed E-state index contributed by atoms with van der Waals surface area (Å²) in [6, 6.07) is 12.1.